The van der Waals surface area contributed by atoms with E-state index in [0.717, 1.165) is 11.3 Å². The molecule has 0 aliphatic heterocycles. The smallest absolute Gasteiger partial charge is 0.326 e. The van der Waals surface area contributed by atoms with E-state index in [0.29, 0.717) is 15.7 Å². The second-order valence-electron chi connectivity index (χ2n) is 4.41. The lowest BCUT2D eigenvalue weighted by Gasteiger charge is -2.18. The van der Waals surface area contributed by atoms with Crippen molar-refractivity contribution in [2.75, 3.05) is 17.3 Å². The molecule has 0 spiro atoms. The van der Waals surface area contributed by atoms with Crippen molar-refractivity contribution in [3.63, 3.8) is 0 Å². The van der Waals surface area contributed by atoms with Gasteiger partial charge in [0.25, 0.3) is 0 Å². The number of anilines is 2. The summed E-state index contributed by atoms with van der Waals surface area (Å²) in [5.74, 6) is 0. The zero-order valence-corrected chi connectivity index (χ0v) is 12.9. The molecular formula is C15H14ClN3OS. The number of nitrogens with two attached hydrogens (primary N) is 1. The SMILES string of the molecule is CN(C(=O)Nc1ccc(Cl)cc1)c1ccc(C(N)=S)cc1. The largest absolute Gasteiger partial charge is 0.389 e. The van der Waals surface area contributed by atoms with Crippen LogP contribution in [0, 0.1) is 0 Å². The van der Waals surface area contributed by atoms with Crippen molar-refractivity contribution in [2.24, 2.45) is 5.73 Å². The maximum absolute atomic E-state index is 12.1. The van der Waals surface area contributed by atoms with Gasteiger partial charge in [0, 0.05) is 29.0 Å². The Balaban J connectivity index is 2.08. The summed E-state index contributed by atoms with van der Waals surface area (Å²) in [6.45, 7) is 0. The molecule has 0 saturated carbocycles. The van der Waals surface area contributed by atoms with Crippen molar-refractivity contribution in [3.05, 3.63) is 59.1 Å². The van der Waals surface area contributed by atoms with E-state index in [-0.39, 0.29) is 6.03 Å². The van der Waals surface area contributed by atoms with Gasteiger partial charge in [0.2, 0.25) is 0 Å². The Morgan fingerprint density at radius 3 is 2.24 bits per heavy atom. The molecular weight excluding hydrogens is 306 g/mol. The molecule has 4 nitrogen and oxygen atoms in total. The van der Waals surface area contributed by atoms with E-state index in [1.165, 1.54) is 4.90 Å². The maximum Gasteiger partial charge on any atom is 0.326 e. The Morgan fingerprint density at radius 2 is 1.71 bits per heavy atom. The molecule has 2 aromatic rings. The van der Waals surface area contributed by atoms with Crippen LogP contribution in [0.4, 0.5) is 16.2 Å². The Bertz CT molecular complexity index is 656. The minimum Gasteiger partial charge on any atom is -0.389 e. The van der Waals surface area contributed by atoms with Crippen LogP contribution < -0.4 is 16.0 Å². The van der Waals surface area contributed by atoms with Crippen molar-refractivity contribution in [1.82, 2.24) is 0 Å². The lowest BCUT2D eigenvalue weighted by Crippen LogP contribution is -2.31. The summed E-state index contributed by atoms with van der Waals surface area (Å²) in [6.07, 6.45) is 0. The fraction of sp³-hybridized carbons (Fsp3) is 0.0667. The van der Waals surface area contributed by atoms with E-state index in [1.807, 2.05) is 0 Å². The third-order valence-corrected chi connectivity index (χ3v) is 3.43. The zero-order chi connectivity index (χ0) is 15.4. The van der Waals surface area contributed by atoms with Gasteiger partial charge in [0.05, 0.1) is 0 Å². The minimum absolute atomic E-state index is 0.250. The number of amides is 2. The first-order chi connectivity index (χ1) is 9.97. The lowest BCUT2D eigenvalue weighted by atomic mass is 10.2. The third-order valence-electron chi connectivity index (χ3n) is 2.94. The van der Waals surface area contributed by atoms with Crippen molar-refractivity contribution in [2.45, 2.75) is 0 Å². The fourth-order valence-corrected chi connectivity index (χ4v) is 1.97. The predicted molar refractivity (Wildman–Crippen MR) is 91.2 cm³/mol. The van der Waals surface area contributed by atoms with E-state index in [4.69, 9.17) is 29.6 Å². The van der Waals surface area contributed by atoms with Gasteiger partial charge in [-0.2, -0.15) is 0 Å². The molecule has 2 aromatic carbocycles. The molecule has 0 bridgehead atoms. The number of carbonyl (C=O) groups excluding carboxylic acids is 1. The van der Waals surface area contributed by atoms with E-state index < -0.39 is 0 Å². The highest BCUT2D eigenvalue weighted by molar-refractivity contribution is 7.80. The van der Waals surface area contributed by atoms with Gasteiger partial charge in [0.1, 0.15) is 4.99 Å². The second kappa shape index (κ2) is 6.56. The van der Waals surface area contributed by atoms with Crippen LogP contribution >= 0.6 is 23.8 Å². The molecule has 6 heteroatoms. The molecule has 0 heterocycles. The minimum atomic E-state index is -0.250. The van der Waals surface area contributed by atoms with E-state index >= 15 is 0 Å². The molecule has 2 amide bonds. The van der Waals surface area contributed by atoms with E-state index in [1.54, 1.807) is 55.6 Å². The van der Waals surface area contributed by atoms with Crippen LogP contribution in [0.25, 0.3) is 0 Å². The summed E-state index contributed by atoms with van der Waals surface area (Å²) in [4.78, 5) is 14.0. The van der Waals surface area contributed by atoms with Crippen LogP contribution in [0.1, 0.15) is 5.56 Å². The van der Waals surface area contributed by atoms with Gasteiger partial charge in [0.15, 0.2) is 0 Å². The number of halogens is 1. The van der Waals surface area contributed by atoms with Crippen LogP contribution in [0.5, 0.6) is 0 Å². The summed E-state index contributed by atoms with van der Waals surface area (Å²) >= 11 is 10.7. The van der Waals surface area contributed by atoms with E-state index in [2.05, 4.69) is 5.32 Å². The number of benzene rings is 2. The van der Waals surface area contributed by atoms with Gasteiger partial charge in [-0.25, -0.2) is 4.79 Å². The summed E-state index contributed by atoms with van der Waals surface area (Å²) in [7, 11) is 1.68. The van der Waals surface area contributed by atoms with Crippen molar-refractivity contribution in [3.8, 4) is 0 Å². The standard InChI is InChI=1S/C15H14ClN3OS/c1-19(13-8-2-10(3-9-13)14(17)21)15(20)18-12-6-4-11(16)5-7-12/h2-9H,1H3,(H2,17,21)(H,18,20). The monoisotopic (exact) mass is 319 g/mol. The van der Waals surface area contributed by atoms with Gasteiger partial charge in [-0.1, -0.05) is 23.8 Å². The first-order valence-electron chi connectivity index (χ1n) is 6.17. The molecule has 0 aliphatic rings. The van der Waals surface area contributed by atoms with Gasteiger partial charge in [-0.15, -0.1) is 0 Å². The number of hydrogen-bond donors (Lipinski definition) is 2. The summed E-state index contributed by atoms with van der Waals surface area (Å²) in [5.41, 5.74) is 7.72. The molecule has 0 fully saturated rings. The molecule has 0 atom stereocenters. The molecule has 21 heavy (non-hydrogen) atoms. The Morgan fingerprint density at radius 1 is 1.14 bits per heavy atom. The van der Waals surface area contributed by atoms with Crippen LogP contribution in [0.15, 0.2) is 48.5 Å². The predicted octanol–water partition coefficient (Wildman–Crippen LogP) is 3.64. The molecule has 0 aromatic heterocycles. The van der Waals surface area contributed by atoms with Gasteiger partial charge < -0.3 is 11.1 Å². The first kappa shape index (κ1) is 15.3. The summed E-state index contributed by atoms with van der Waals surface area (Å²) in [6, 6.07) is 13.8. The average molecular weight is 320 g/mol. The quantitative estimate of drug-likeness (QED) is 0.849. The Kier molecular flexibility index (Phi) is 4.77. The van der Waals surface area contributed by atoms with Gasteiger partial charge in [-0.3, -0.25) is 4.90 Å². The molecule has 3 N–H and O–H groups in total. The van der Waals surface area contributed by atoms with Crippen LogP contribution in [-0.4, -0.2) is 18.1 Å². The highest BCUT2D eigenvalue weighted by Crippen LogP contribution is 2.17. The number of nitrogens with zero attached hydrogens (tertiary/aromatic N) is 1. The molecule has 0 radical (unpaired) electrons. The molecule has 0 unspecified atom stereocenters. The zero-order valence-electron chi connectivity index (χ0n) is 11.3. The molecule has 0 aliphatic carbocycles. The first-order valence-corrected chi connectivity index (χ1v) is 6.96. The molecule has 2 rings (SSSR count). The number of urea groups is 1. The van der Waals surface area contributed by atoms with Crippen LogP contribution in [-0.2, 0) is 0 Å². The normalized spacial score (nSPS) is 10.0. The number of thiocarbonyl (C=S) groups is 1. The molecule has 108 valence electrons. The van der Waals surface area contributed by atoms with Crippen molar-refractivity contribution < 1.29 is 4.79 Å². The number of carbonyl (C=O) groups is 1. The van der Waals surface area contributed by atoms with E-state index in [9.17, 15) is 4.79 Å². The van der Waals surface area contributed by atoms with Gasteiger partial charge >= 0.3 is 6.03 Å². The highest BCUT2D eigenvalue weighted by Gasteiger charge is 2.11. The highest BCUT2D eigenvalue weighted by atomic mass is 35.5. The van der Waals surface area contributed by atoms with Crippen molar-refractivity contribution >= 4 is 46.2 Å². The number of rotatable bonds is 3. The average Bonchev–Trinajstić information content (AvgIpc) is 2.49. The lowest BCUT2D eigenvalue weighted by molar-refractivity contribution is 0.258. The van der Waals surface area contributed by atoms with Crippen LogP contribution in [0.3, 0.4) is 0 Å². The Labute approximate surface area is 133 Å². The van der Waals surface area contributed by atoms with Crippen LogP contribution in [0.2, 0.25) is 5.02 Å². The molecule has 0 saturated heterocycles. The number of nitrogens with one attached hydrogen (secondary N) is 1. The Hall–Kier alpha value is -2.11. The number of hydrogen-bond acceptors (Lipinski definition) is 2. The summed E-state index contributed by atoms with van der Waals surface area (Å²) in [5, 5.41) is 3.40. The second-order valence-corrected chi connectivity index (χ2v) is 5.28. The fourth-order valence-electron chi connectivity index (χ4n) is 1.71. The summed E-state index contributed by atoms with van der Waals surface area (Å²) < 4.78 is 0. The maximum atomic E-state index is 12.1. The third kappa shape index (κ3) is 3.93. The van der Waals surface area contributed by atoms with Crippen molar-refractivity contribution in [1.29, 1.82) is 0 Å². The topological polar surface area (TPSA) is 58.4 Å². The van der Waals surface area contributed by atoms with Gasteiger partial charge in [-0.05, 0) is 48.5 Å².